The molecule has 2 aliphatic heterocycles. The Balaban J connectivity index is 1.50. The molecule has 3 aliphatic rings. The predicted molar refractivity (Wildman–Crippen MR) is 149 cm³/mol. The van der Waals surface area contributed by atoms with Crippen molar-refractivity contribution in [3.05, 3.63) is 40.4 Å². The van der Waals surface area contributed by atoms with E-state index in [9.17, 15) is 18.3 Å². The molecule has 202 valence electrons. The van der Waals surface area contributed by atoms with Crippen molar-refractivity contribution in [3.63, 3.8) is 0 Å². The third kappa shape index (κ3) is 3.87. The van der Waals surface area contributed by atoms with Crippen molar-refractivity contribution < 1.29 is 23.1 Å². The maximum absolute atomic E-state index is 13.7. The van der Waals surface area contributed by atoms with Gasteiger partial charge in [-0.2, -0.15) is 4.31 Å². The molecule has 0 unspecified atom stereocenters. The number of hydrogen-bond acceptors (Lipinski definition) is 7. The van der Waals surface area contributed by atoms with Crippen LogP contribution in [-0.2, 0) is 21.4 Å². The maximum Gasteiger partial charge on any atom is 0.265 e. The van der Waals surface area contributed by atoms with Gasteiger partial charge in [-0.25, -0.2) is 8.42 Å². The van der Waals surface area contributed by atoms with E-state index in [0.29, 0.717) is 22.9 Å². The lowest BCUT2D eigenvalue weighted by Gasteiger charge is -2.46. The second kappa shape index (κ2) is 8.89. The molecule has 1 aromatic carbocycles. The van der Waals surface area contributed by atoms with Gasteiger partial charge in [0.15, 0.2) is 6.61 Å². The number of fused-ring (bicyclic) bond motifs is 2. The molecule has 3 aromatic rings. The van der Waals surface area contributed by atoms with Gasteiger partial charge in [0.25, 0.3) is 5.91 Å². The van der Waals surface area contributed by atoms with Gasteiger partial charge >= 0.3 is 0 Å². The number of amides is 1. The lowest BCUT2D eigenvalue weighted by molar-refractivity contribution is -0.121. The van der Waals surface area contributed by atoms with E-state index < -0.39 is 20.3 Å². The van der Waals surface area contributed by atoms with Crippen molar-refractivity contribution in [2.45, 2.75) is 69.4 Å². The summed E-state index contributed by atoms with van der Waals surface area (Å²) in [4.78, 5) is 20.6. The molecule has 6 rings (SSSR count). The number of pyridine rings is 1. The second-order valence-corrected chi connectivity index (χ2v) is 15.6. The van der Waals surface area contributed by atoms with Crippen LogP contribution < -0.4 is 9.64 Å². The van der Waals surface area contributed by atoms with Crippen molar-refractivity contribution in [3.8, 4) is 16.9 Å². The molecular formula is C27H30ClN3O5S2. The van der Waals surface area contributed by atoms with E-state index in [2.05, 4.69) is 4.98 Å². The largest absolute Gasteiger partial charge is 0.481 e. The van der Waals surface area contributed by atoms with Crippen LogP contribution in [0.4, 0.5) is 5.69 Å². The number of nitrogens with zero attached hydrogens (tertiary/aromatic N) is 3. The average Bonchev–Trinajstić information content (AvgIpc) is 3.45. The fourth-order valence-corrected chi connectivity index (χ4v) is 9.03. The number of carbonyl (C=O) groups excluding carboxylic acids is 1. The van der Waals surface area contributed by atoms with Gasteiger partial charge in [-0.15, -0.1) is 11.3 Å². The van der Waals surface area contributed by atoms with Gasteiger partial charge in [0, 0.05) is 45.4 Å². The van der Waals surface area contributed by atoms with Crippen LogP contribution in [0.15, 0.2) is 30.5 Å². The Morgan fingerprint density at radius 2 is 2.00 bits per heavy atom. The van der Waals surface area contributed by atoms with Gasteiger partial charge in [-0.1, -0.05) is 11.6 Å². The standard InChI is InChI=1S/C27H30ClN3O5S2/c1-26(2,3)38(34,35)30-13-17(12-27(30)6-4-7-27)31-23(33)15-36-22-10-16(28)9-20(24(22)31)19-5-8-29-21-11-18(14-32)37-25(19)21/h5,8-11,17,32H,4,6-7,12-15H2,1-3H3/t17-/m0/s1. The number of benzene rings is 1. The van der Waals surface area contributed by atoms with Gasteiger partial charge in [0.2, 0.25) is 10.0 Å². The second-order valence-electron chi connectivity index (χ2n) is 11.4. The third-order valence-corrected chi connectivity index (χ3v) is 12.1. The van der Waals surface area contributed by atoms with Crippen LogP contribution in [0.2, 0.25) is 5.02 Å². The molecule has 1 saturated carbocycles. The minimum Gasteiger partial charge on any atom is -0.481 e. The van der Waals surface area contributed by atoms with E-state index in [-0.39, 0.29) is 31.7 Å². The molecule has 1 saturated heterocycles. The Bertz CT molecular complexity index is 1560. The van der Waals surface area contributed by atoms with Crippen molar-refractivity contribution in [2.75, 3.05) is 18.1 Å². The summed E-state index contributed by atoms with van der Waals surface area (Å²) in [5, 5.41) is 10.2. The molecule has 2 aromatic heterocycles. The first kappa shape index (κ1) is 26.0. The summed E-state index contributed by atoms with van der Waals surface area (Å²) < 4.78 is 34.9. The molecule has 11 heteroatoms. The summed E-state index contributed by atoms with van der Waals surface area (Å²) in [5.41, 5.74) is 2.44. The topological polar surface area (TPSA) is 100 Å². The van der Waals surface area contributed by atoms with E-state index in [1.807, 2.05) is 18.2 Å². The van der Waals surface area contributed by atoms with Crippen LogP contribution in [0.5, 0.6) is 5.75 Å². The highest BCUT2D eigenvalue weighted by Gasteiger charge is 2.58. The smallest absolute Gasteiger partial charge is 0.265 e. The van der Waals surface area contributed by atoms with Gasteiger partial charge < -0.3 is 14.7 Å². The van der Waals surface area contributed by atoms with Gasteiger partial charge in [-0.3, -0.25) is 9.78 Å². The molecule has 1 spiro atoms. The third-order valence-electron chi connectivity index (χ3n) is 8.04. The van der Waals surface area contributed by atoms with Gasteiger partial charge in [-0.05, 0) is 64.7 Å². The summed E-state index contributed by atoms with van der Waals surface area (Å²) in [5.74, 6) is 0.291. The lowest BCUT2D eigenvalue weighted by atomic mass is 9.75. The average molecular weight is 576 g/mol. The van der Waals surface area contributed by atoms with Crippen LogP contribution in [0.3, 0.4) is 0 Å². The number of aromatic nitrogens is 1. The monoisotopic (exact) mass is 575 g/mol. The Morgan fingerprint density at radius 3 is 2.66 bits per heavy atom. The number of anilines is 1. The van der Waals surface area contributed by atoms with E-state index >= 15 is 0 Å². The minimum absolute atomic E-state index is 0.0932. The molecule has 0 radical (unpaired) electrons. The number of aliphatic hydroxyl groups is 1. The number of carbonyl (C=O) groups is 1. The summed E-state index contributed by atoms with van der Waals surface area (Å²) in [6.45, 7) is 5.20. The summed E-state index contributed by atoms with van der Waals surface area (Å²) in [7, 11) is -3.60. The highest BCUT2D eigenvalue weighted by molar-refractivity contribution is 7.90. The highest BCUT2D eigenvalue weighted by atomic mass is 35.5. The molecule has 1 aliphatic carbocycles. The Hall–Kier alpha value is -2.24. The number of aliphatic hydroxyl groups excluding tert-OH is 1. The molecule has 1 N–H and O–H groups in total. The molecular weight excluding hydrogens is 546 g/mol. The fraction of sp³-hybridized carbons (Fsp3) is 0.481. The summed E-state index contributed by atoms with van der Waals surface area (Å²) >= 11 is 7.99. The number of thiophene rings is 1. The molecule has 38 heavy (non-hydrogen) atoms. The van der Waals surface area contributed by atoms with Crippen LogP contribution in [0.1, 0.15) is 51.3 Å². The number of ether oxygens (including phenoxy) is 1. The molecule has 0 bridgehead atoms. The first-order valence-corrected chi connectivity index (χ1v) is 15.4. The summed E-state index contributed by atoms with van der Waals surface area (Å²) in [6, 6.07) is 6.92. The molecule has 1 amide bonds. The number of rotatable bonds is 4. The zero-order valence-electron chi connectivity index (χ0n) is 21.5. The Morgan fingerprint density at radius 1 is 1.24 bits per heavy atom. The fourth-order valence-electron chi connectivity index (χ4n) is 6.02. The van der Waals surface area contributed by atoms with Crippen LogP contribution in [0.25, 0.3) is 21.3 Å². The van der Waals surface area contributed by atoms with Gasteiger partial charge in [0.1, 0.15) is 5.75 Å². The molecule has 1 atom stereocenters. The normalized spacial score (nSPS) is 21.6. The SMILES string of the molecule is CC(C)(C)S(=O)(=O)N1C[C@@H](N2C(=O)COc3cc(Cl)cc(-c4ccnc5cc(CO)sc45)c32)CC12CCC2. The molecule has 8 nitrogen and oxygen atoms in total. The zero-order valence-corrected chi connectivity index (χ0v) is 23.9. The Kier molecular flexibility index (Phi) is 6.08. The molecule has 2 fully saturated rings. The Labute approximate surface area is 231 Å². The van der Waals surface area contributed by atoms with Crippen molar-refractivity contribution in [1.29, 1.82) is 0 Å². The van der Waals surface area contributed by atoms with E-state index in [4.69, 9.17) is 16.3 Å². The van der Waals surface area contributed by atoms with Crippen molar-refractivity contribution in [2.24, 2.45) is 0 Å². The van der Waals surface area contributed by atoms with Crippen LogP contribution in [-0.4, -0.2) is 58.2 Å². The van der Waals surface area contributed by atoms with Crippen molar-refractivity contribution >= 4 is 54.8 Å². The highest BCUT2D eigenvalue weighted by Crippen LogP contribution is 2.53. The number of sulfonamides is 1. The quantitative estimate of drug-likeness (QED) is 0.472. The maximum atomic E-state index is 13.7. The van der Waals surface area contributed by atoms with Gasteiger partial charge in [0.05, 0.1) is 33.3 Å². The zero-order chi connectivity index (χ0) is 27.0. The van der Waals surface area contributed by atoms with E-state index in [0.717, 1.165) is 45.5 Å². The molecule has 4 heterocycles. The number of hydrogen-bond donors (Lipinski definition) is 1. The predicted octanol–water partition coefficient (Wildman–Crippen LogP) is 4.96. The van der Waals surface area contributed by atoms with E-state index in [1.165, 1.54) is 11.3 Å². The van der Waals surface area contributed by atoms with Crippen LogP contribution in [0, 0.1) is 0 Å². The van der Waals surface area contributed by atoms with Crippen LogP contribution >= 0.6 is 22.9 Å². The lowest BCUT2D eigenvalue weighted by Crippen LogP contribution is -2.56. The first-order chi connectivity index (χ1) is 17.9. The number of halogens is 1. The first-order valence-electron chi connectivity index (χ1n) is 12.7. The van der Waals surface area contributed by atoms with Crippen molar-refractivity contribution in [1.82, 2.24) is 9.29 Å². The summed E-state index contributed by atoms with van der Waals surface area (Å²) in [6.07, 6.45) is 4.84. The van der Waals surface area contributed by atoms with E-state index in [1.54, 1.807) is 42.2 Å². The minimum atomic E-state index is -3.60.